The highest BCUT2D eigenvalue weighted by molar-refractivity contribution is 5.19. The van der Waals surface area contributed by atoms with Crippen molar-refractivity contribution in [1.82, 2.24) is 15.0 Å². The maximum atomic E-state index is 8.85. The van der Waals surface area contributed by atoms with E-state index in [1.165, 1.54) is 12.8 Å². The van der Waals surface area contributed by atoms with E-state index in [0.717, 1.165) is 44.0 Å². The van der Waals surface area contributed by atoms with Crippen LogP contribution in [0.5, 0.6) is 0 Å². The molecule has 0 aliphatic carbocycles. The monoisotopic (exact) mass is 248 g/mol. The van der Waals surface area contributed by atoms with Crippen LogP contribution in [-0.2, 0) is 17.7 Å². The molecule has 1 fully saturated rings. The first-order chi connectivity index (χ1) is 8.86. The van der Waals surface area contributed by atoms with Crippen molar-refractivity contribution in [2.45, 2.75) is 51.5 Å². The number of nitriles is 1. The minimum absolute atomic E-state index is 0.347. The van der Waals surface area contributed by atoms with Crippen LogP contribution < -0.4 is 0 Å². The molecule has 0 bridgehead atoms. The van der Waals surface area contributed by atoms with Crippen LogP contribution in [0.2, 0.25) is 0 Å². The van der Waals surface area contributed by atoms with Gasteiger partial charge in [-0.25, -0.2) is 4.68 Å². The summed E-state index contributed by atoms with van der Waals surface area (Å²) < 4.78 is 7.43. The molecule has 18 heavy (non-hydrogen) atoms. The second-order valence-electron chi connectivity index (χ2n) is 4.75. The van der Waals surface area contributed by atoms with E-state index in [2.05, 4.69) is 23.3 Å². The van der Waals surface area contributed by atoms with Crippen molar-refractivity contribution in [3.63, 3.8) is 0 Å². The van der Waals surface area contributed by atoms with E-state index in [4.69, 9.17) is 10.00 Å². The molecule has 0 amide bonds. The largest absolute Gasteiger partial charge is 0.381 e. The van der Waals surface area contributed by atoms with E-state index >= 15 is 0 Å². The number of hydrogen-bond acceptors (Lipinski definition) is 4. The zero-order valence-electron chi connectivity index (χ0n) is 10.9. The van der Waals surface area contributed by atoms with Crippen molar-refractivity contribution in [2.24, 2.45) is 0 Å². The molecule has 2 rings (SSSR count). The molecule has 1 unspecified atom stereocenters. The van der Waals surface area contributed by atoms with Crippen molar-refractivity contribution in [1.29, 1.82) is 5.26 Å². The van der Waals surface area contributed by atoms with Crippen LogP contribution in [0.25, 0.3) is 0 Å². The van der Waals surface area contributed by atoms with Gasteiger partial charge in [0.05, 0.1) is 24.8 Å². The van der Waals surface area contributed by atoms with Crippen molar-refractivity contribution < 1.29 is 4.74 Å². The summed E-state index contributed by atoms with van der Waals surface area (Å²) in [5.41, 5.74) is 1.97. The van der Waals surface area contributed by atoms with Crippen LogP contribution in [0.3, 0.4) is 0 Å². The van der Waals surface area contributed by atoms with Gasteiger partial charge < -0.3 is 4.74 Å². The number of rotatable bonds is 6. The average molecular weight is 248 g/mol. The Morgan fingerprint density at radius 2 is 2.39 bits per heavy atom. The molecule has 98 valence electrons. The predicted molar refractivity (Wildman–Crippen MR) is 67.0 cm³/mol. The summed E-state index contributed by atoms with van der Waals surface area (Å²) >= 11 is 0. The Morgan fingerprint density at radius 3 is 3.06 bits per heavy atom. The standard InChI is InChI=1S/C13H20N4O/c1-2-3-4-8-17-13(11-6-9-18-10-11)12(5-7-14)15-16-17/h11H,2-6,8-10H2,1H3. The Bertz CT molecular complexity index is 415. The van der Waals surface area contributed by atoms with Crippen LogP contribution in [0.1, 0.15) is 49.9 Å². The van der Waals surface area contributed by atoms with Gasteiger partial charge in [-0.2, -0.15) is 5.26 Å². The zero-order chi connectivity index (χ0) is 12.8. The van der Waals surface area contributed by atoms with Crippen LogP contribution in [0.15, 0.2) is 0 Å². The van der Waals surface area contributed by atoms with Gasteiger partial charge in [-0.1, -0.05) is 25.0 Å². The Kier molecular flexibility index (Phi) is 4.71. The third-order valence-electron chi connectivity index (χ3n) is 3.38. The quantitative estimate of drug-likeness (QED) is 0.723. The molecule has 5 nitrogen and oxygen atoms in total. The van der Waals surface area contributed by atoms with E-state index in [9.17, 15) is 0 Å². The lowest BCUT2D eigenvalue weighted by Crippen LogP contribution is -2.11. The number of hydrogen-bond donors (Lipinski definition) is 0. The molecule has 5 heteroatoms. The number of aromatic nitrogens is 3. The summed E-state index contributed by atoms with van der Waals surface area (Å²) in [6.07, 6.45) is 4.88. The van der Waals surface area contributed by atoms with Crippen LogP contribution in [0.4, 0.5) is 0 Å². The maximum absolute atomic E-state index is 8.85. The van der Waals surface area contributed by atoms with Gasteiger partial charge in [0.1, 0.15) is 5.69 Å². The van der Waals surface area contributed by atoms with Gasteiger partial charge in [0.25, 0.3) is 0 Å². The number of unbranched alkanes of at least 4 members (excludes halogenated alkanes) is 2. The van der Waals surface area contributed by atoms with Crippen molar-refractivity contribution in [3.05, 3.63) is 11.4 Å². The zero-order valence-corrected chi connectivity index (χ0v) is 10.9. The van der Waals surface area contributed by atoms with E-state index < -0.39 is 0 Å². The van der Waals surface area contributed by atoms with Crippen molar-refractivity contribution in [2.75, 3.05) is 13.2 Å². The fourth-order valence-electron chi connectivity index (χ4n) is 2.43. The molecule has 0 N–H and O–H groups in total. The van der Waals surface area contributed by atoms with Gasteiger partial charge in [-0.05, 0) is 12.8 Å². The van der Waals surface area contributed by atoms with Crippen LogP contribution in [0, 0.1) is 11.3 Å². The second-order valence-corrected chi connectivity index (χ2v) is 4.75. The molecule has 1 saturated heterocycles. The molecule has 1 aromatic heterocycles. The summed E-state index contributed by atoms with van der Waals surface area (Å²) in [4.78, 5) is 0. The number of nitrogens with zero attached hydrogens (tertiary/aromatic N) is 4. The van der Waals surface area contributed by atoms with E-state index in [-0.39, 0.29) is 0 Å². The molecule has 1 aliphatic heterocycles. The lowest BCUT2D eigenvalue weighted by molar-refractivity contribution is 0.193. The van der Waals surface area contributed by atoms with Gasteiger partial charge >= 0.3 is 0 Å². The van der Waals surface area contributed by atoms with Gasteiger partial charge in [0.2, 0.25) is 0 Å². The van der Waals surface area contributed by atoms with Crippen molar-refractivity contribution in [3.8, 4) is 6.07 Å². The number of aryl methyl sites for hydroxylation is 1. The SMILES string of the molecule is CCCCCn1nnc(CC#N)c1C1CCOC1. The molecule has 0 radical (unpaired) electrons. The Labute approximate surface area is 108 Å². The minimum Gasteiger partial charge on any atom is -0.381 e. The highest BCUT2D eigenvalue weighted by atomic mass is 16.5. The van der Waals surface area contributed by atoms with Gasteiger partial charge in [0, 0.05) is 19.1 Å². The third kappa shape index (κ3) is 2.88. The summed E-state index contributed by atoms with van der Waals surface area (Å²) in [5.74, 6) is 0.366. The molecule has 1 aromatic rings. The Balaban J connectivity index is 2.14. The summed E-state index contributed by atoms with van der Waals surface area (Å²) in [6.45, 7) is 4.63. The molecule has 0 saturated carbocycles. The van der Waals surface area contributed by atoms with E-state index in [0.29, 0.717) is 12.3 Å². The van der Waals surface area contributed by atoms with Crippen LogP contribution >= 0.6 is 0 Å². The first-order valence-corrected chi connectivity index (χ1v) is 6.73. The minimum atomic E-state index is 0.347. The summed E-state index contributed by atoms with van der Waals surface area (Å²) in [6, 6.07) is 2.17. The van der Waals surface area contributed by atoms with E-state index in [1.807, 2.05) is 4.68 Å². The number of ether oxygens (including phenoxy) is 1. The fraction of sp³-hybridized carbons (Fsp3) is 0.769. The maximum Gasteiger partial charge on any atom is 0.100 e. The van der Waals surface area contributed by atoms with Crippen LogP contribution in [-0.4, -0.2) is 28.2 Å². The highest BCUT2D eigenvalue weighted by Crippen LogP contribution is 2.27. The molecule has 1 atom stereocenters. The molecule has 0 aromatic carbocycles. The van der Waals surface area contributed by atoms with Gasteiger partial charge in [-0.15, -0.1) is 5.10 Å². The first kappa shape index (κ1) is 13.0. The average Bonchev–Trinajstić information content (AvgIpc) is 2.99. The molecular weight excluding hydrogens is 228 g/mol. The lowest BCUT2D eigenvalue weighted by Gasteiger charge is -2.11. The fourth-order valence-corrected chi connectivity index (χ4v) is 2.43. The summed E-state index contributed by atoms with van der Waals surface area (Å²) in [5, 5.41) is 17.2. The van der Waals surface area contributed by atoms with Crippen molar-refractivity contribution >= 4 is 0 Å². The van der Waals surface area contributed by atoms with E-state index in [1.54, 1.807) is 0 Å². The third-order valence-corrected chi connectivity index (χ3v) is 3.38. The Morgan fingerprint density at radius 1 is 1.50 bits per heavy atom. The second kappa shape index (κ2) is 6.50. The topological polar surface area (TPSA) is 63.7 Å². The first-order valence-electron chi connectivity index (χ1n) is 6.73. The molecule has 2 heterocycles. The smallest absolute Gasteiger partial charge is 0.100 e. The summed E-state index contributed by atoms with van der Waals surface area (Å²) in [7, 11) is 0. The highest BCUT2D eigenvalue weighted by Gasteiger charge is 2.25. The predicted octanol–water partition coefficient (Wildman–Crippen LogP) is 2.04. The Hall–Kier alpha value is -1.41. The molecule has 1 aliphatic rings. The molecular formula is C13H20N4O. The van der Waals surface area contributed by atoms with Gasteiger partial charge in [-0.3, -0.25) is 0 Å². The lowest BCUT2D eigenvalue weighted by atomic mass is 10.0. The molecule has 0 spiro atoms. The normalized spacial score (nSPS) is 19.0. The van der Waals surface area contributed by atoms with Gasteiger partial charge in [0.15, 0.2) is 0 Å².